The molecule has 0 heterocycles. The van der Waals surface area contributed by atoms with Crippen LogP contribution in [0, 0.1) is 0 Å². The molecule has 0 saturated heterocycles. The van der Waals surface area contributed by atoms with E-state index in [1.807, 2.05) is 0 Å². The average Bonchev–Trinajstić information content (AvgIpc) is 2.03. The number of hydrogen-bond donors (Lipinski definition) is 0. The van der Waals surface area contributed by atoms with E-state index in [0.29, 0.717) is 1.51 Å². The molecule has 0 fully saturated rings. The second kappa shape index (κ2) is 6.44. The summed E-state index contributed by atoms with van der Waals surface area (Å²) < 4.78 is 0.625. The van der Waals surface area contributed by atoms with E-state index in [0.717, 1.165) is 0 Å². The van der Waals surface area contributed by atoms with Crippen LogP contribution in [0.25, 0.3) is 0 Å². The molecular formula is C11H14CaO2. The van der Waals surface area contributed by atoms with E-state index in [9.17, 15) is 9.90 Å². The number of carboxylic acids is 1. The molecule has 1 rings (SSSR count). The standard InChI is InChI=1S/C7H6O2.C4H9.Ca/c8-7(9)6-4-2-1-3-5-6;1-4(2)3;/h1-5H,(H,8,9);1-3H3;/q;;+1/p-1. The van der Waals surface area contributed by atoms with Gasteiger partial charge in [0.25, 0.3) is 0 Å². The number of carboxylic acid groups (broad SMARTS) is 1. The van der Waals surface area contributed by atoms with Crippen molar-refractivity contribution in [3.05, 3.63) is 35.9 Å². The third-order valence-electron chi connectivity index (χ3n) is 1.01. The van der Waals surface area contributed by atoms with Gasteiger partial charge in [-0.05, 0) is 5.56 Å². The Morgan fingerprint density at radius 1 is 1.21 bits per heavy atom. The summed E-state index contributed by atoms with van der Waals surface area (Å²) in [4.78, 5) is 10.1. The first-order valence-electron chi connectivity index (χ1n) is 4.42. The molecule has 3 heteroatoms. The molecule has 0 unspecified atom stereocenters. The van der Waals surface area contributed by atoms with Crippen molar-refractivity contribution in [2.45, 2.75) is 22.3 Å². The molecule has 0 atom stereocenters. The Labute approximate surface area is 109 Å². The Kier molecular flexibility index (Phi) is 6.41. The third-order valence-corrected chi connectivity index (χ3v) is 1.01. The van der Waals surface area contributed by atoms with Crippen LogP contribution in [-0.4, -0.2) is 41.8 Å². The monoisotopic (exact) mass is 218 g/mol. The smallest absolute Gasteiger partial charge is 0.0715 e. The maximum Gasteiger partial charge on any atom is 0.0715 e. The van der Waals surface area contributed by atoms with Crippen LogP contribution in [0.2, 0.25) is 1.51 Å². The number of hydrogen-bond acceptors (Lipinski definition) is 2. The Morgan fingerprint density at radius 2 is 1.57 bits per heavy atom. The van der Waals surface area contributed by atoms with Crippen LogP contribution in [0.15, 0.2) is 30.3 Å². The van der Waals surface area contributed by atoms with Crippen LogP contribution in [0.1, 0.15) is 31.1 Å². The second-order valence-electron chi connectivity index (χ2n) is 4.21. The van der Waals surface area contributed by atoms with Crippen molar-refractivity contribution in [1.29, 1.82) is 0 Å². The van der Waals surface area contributed by atoms with E-state index in [1.165, 1.54) is 47.9 Å². The normalized spacial score (nSPS) is 10.1. The molecule has 0 aliphatic rings. The van der Waals surface area contributed by atoms with Crippen molar-refractivity contribution < 1.29 is 9.90 Å². The van der Waals surface area contributed by atoms with Gasteiger partial charge in [-0.2, -0.15) is 0 Å². The van der Waals surface area contributed by atoms with Gasteiger partial charge < -0.3 is 9.90 Å². The van der Waals surface area contributed by atoms with Gasteiger partial charge in [0.15, 0.2) is 0 Å². The SMILES string of the molecule is C[C](C)(C)[Ca+].O=C([O-])c1ccccc1. The van der Waals surface area contributed by atoms with Crippen LogP contribution >= 0.6 is 0 Å². The second-order valence-corrected chi connectivity index (χ2v) is 7.53. The first kappa shape index (κ1) is 13.9. The van der Waals surface area contributed by atoms with Gasteiger partial charge in [-0.15, -0.1) is 0 Å². The molecule has 0 aliphatic carbocycles. The first-order chi connectivity index (χ1) is 6.30. The zero-order valence-corrected chi connectivity index (χ0v) is 11.1. The maximum atomic E-state index is 10.1. The summed E-state index contributed by atoms with van der Waals surface area (Å²) in [6.07, 6.45) is 0. The summed E-state index contributed by atoms with van der Waals surface area (Å²) in [7, 11) is 0. The van der Waals surface area contributed by atoms with Crippen LogP contribution < -0.4 is 5.11 Å². The molecule has 14 heavy (non-hydrogen) atoms. The molecule has 0 aliphatic heterocycles. The molecule has 2 nitrogen and oxygen atoms in total. The average molecular weight is 218 g/mol. The number of carbonyl (C=O) groups excluding carboxylic acids is 1. The van der Waals surface area contributed by atoms with Crippen molar-refractivity contribution in [2.24, 2.45) is 0 Å². The Bertz CT molecular complexity index is 269. The molecule has 0 radical (unpaired) electrons. The van der Waals surface area contributed by atoms with Gasteiger partial charge in [-0.25, -0.2) is 0 Å². The molecule has 1 aromatic rings. The van der Waals surface area contributed by atoms with Gasteiger partial charge in [0.2, 0.25) is 0 Å². The number of carbonyl (C=O) groups is 1. The number of rotatable bonds is 1. The molecular weight excluding hydrogens is 204 g/mol. The van der Waals surface area contributed by atoms with E-state index < -0.39 is 5.97 Å². The molecule has 0 N–H and O–H groups in total. The van der Waals surface area contributed by atoms with Gasteiger partial charge in [0.05, 0.1) is 5.97 Å². The summed E-state index contributed by atoms with van der Waals surface area (Å²) in [6.45, 7) is 6.73. The Hall–Kier alpha value is -0.0503. The molecule has 0 saturated carbocycles. The maximum absolute atomic E-state index is 10.1. The Balaban J connectivity index is 0.000000292. The van der Waals surface area contributed by atoms with Crippen molar-refractivity contribution in [2.75, 3.05) is 0 Å². The van der Waals surface area contributed by atoms with Crippen LogP contribution in [0.5, 0.6) is 0 Å². The van der Waals surface area contributed by atoms with E-state index in [1.54, 1.807) is 18.2 Å². The fraction of sp³-hybridized carbons (Fsp3) is 0.364. The molecule has 0 amide bonds. The van der Waals surface area contributed by atoms with E-state index >= 15 is 0 Å². The van der Waals surface area contributed by atoms with Crippen LogP contribution in [0.3, 0.4) is 0 Å². The first-order valence-corrected chi connectivity index (χ1v) is 5.53. The van der Waals surface area contributed by atoms with Crippen LogP contribution in [0.4, 0.5) is 0 Å². The fourth-order valence-corrected chi connectivity index (χ4v) is 0.574. The van der Waals surface area contributed by atoms with E-state index in [4.69, 9.17) is 0 Å². The quantitative estimate of drug-likeness (QED) is 0.669. The summed E-state index contributed by atoms with van der Waals surface area (Å²) in [5.41, 5.74) is 0.220. The topological polar surface area (TPSA) is 40.1 Å². The zero-order valence-electron chi connectivity index (χ0n) is 8.91. The van der Waals surface area contributed by atoms with Gasteiger partial charge in [0.1, 0.15) is 0 Å². The van der Waals surface area contributed by atoms with Gasteiger partial charge >= 0.3 is 58.1 Å². The summed E-state index contributed by atoms with van der Waals surface area (Å²) in [6, 6.07) is 8.06. The van der Waals surface area contributed by atoms with Crippen LogP contribution in [-0.2, 0) is 0 Å². The summed E-state index contributed by atoms with van der Waals surface area (Å²) >= 11 is 1.40. The molecule has 0 aromatic heterocycles. The van der Waals surface area contributed by atoms with Gasteiger partial charge in [-0.1, -0.05) is 30.3 Å². The predicted octanol–water partition coefficient (Wildman–Crippen LogP) is 1.42. The minimum atomic E-state index is -1.13. The Morgan fingerprint density at radius 3 is 1.79 bits per heavy atom. The number of benzene rings is 1. The molecule has 0 bridgehead atoms. The molecule has 0 spiro atoms. The van der Waals surface area contributed by atoms with Crippen molar-refractivity contribution in [3.63, 3.8) is 0 Å². The van der Waals surface area contributed by atoms with Crippen molar-refractivity contribution in [1.82, 2.24) is 0 Å². The third kappa shape index (κ3) is 10.0. The van der Waals surface area contributed by atoms with Crippen molar-refractivity contribution >= 4 is 41.8 Å². The van der Waals surface area contributed by atoms with Gasteiger partial charge in [-0.3, -0.25) is 0 Å². The van der Waals surface area contributed by atoms with Crippen molar-refractivity contribution in [3.8, 4) is 0 Å². The predicted molar refractivity (Wildman–Crippen MR) is 56.2 cm³/mol. The molecule has 72 valence electrons. The van der Waals surface area contributed by atoms with E-state index in [-0.39, 0.29) is 5.56 Å². The fourth-order valence-electron chi connectivity index (χ4n) is 0.574. The molecule has 1 aromatic carbocycles. The minimum Gasteiger partial charge on any atom is -0.545 e. The summed E-state index contributed by atoms with van der Waals surface area (Å²) in [5, 5.41) is 10.1. The zero-order chi connectivity index (χ0) is 11.2. The summed E-state index contributed by atoms with van der Waals surface area (Å²) in [5.74, 6) is -1.13. The number of aromatic carboxylic acids is 1. The minimum absolute atomic E-state index is 0.220. The van der Waals surface area contributed by atoms with Gasteiger partial charge in [0, 0.05) is 0 Å². The largest absolute Gasteiger partial charge is 0.545 e. The van der Waals surface area contributed by atoms with E-state index in [2.05, 4.69) is 20.8 Å².